The molecular weight excluding hydrogens is 333 g/mol. The fraction of sp³-hybridized carbons (Fsp3) is 0.167. The van der Waals surface area contributed by atoms with E-state index in [9.17, 15) is 18.0 Å². The van der Waals surface area contributed by atoms with Gasteiger partial charge >= 0.3 is 6.36 Å². The van der Waals surface area contributed by atoms with Crippen LogP contribution in [-0.2, 0) is 0 Å². The smallest absolute Gasteiger partial charge is 0.406 e. The molecule has 4 nitrogen and oxygen atoms in total. The van der Waals surface area contributed by atoms with Gasteiger partial charge in [-0.15, -0.1) is 13.2 Å². The first-order valence-corrected chi connectivity index (χ1v) is 7.43. The molecule has 0 spiro atoms. The fourth-order valence-electron chi connectivity index (χ4n) is 2.52. The monoisotopic (exact) mass is 348 g/mol. The molecule has 0 radical (unpaired) electrons. The molecule has 0 unspecified atom stereocenters. The Morgan fingerprint density at radius 1 is 1.00 bits per heavy atom. The highest BCUT2D eigenvalue weighted by molar-refractivity contribution is 5.87. The van der Waals surface area contributed by atoms with Crippen molar-refractivity contribution in [2.75, 3.05) is 19.0 Å². The van der Waals surface area contributed by atoms with Gasteiger partial charge in [-0.2, -0.15) is 0 Å². The summed E-state index contributed by atoms with van der Waals surface area (Å²) in [5.41, 5.74) is 1.75. The number of alkyl halides is 3. The average Bonchev–Trinajstić information content (AvgIpc) is 2.53. The molecule has 0 amide bonds. The van der Waals surface area contributed by atoms with Gasteiger partial charge in [0.2, 0.25) is 0 Å². The number of aromatic nitrogens is 1. The van der Waals surface area contributed by atoms with E-state index >= 15 is 0 Å². The van der Waals surface area contributed by atoms with Crippen molar-refractivity contribution < 1.29 is 17.9 Å². The summed E-state index contributed by atoms with van der Waals surface area (Å²) in [5.74, 6) is -0.310. The van der Waals surface area contributed by atoms with Crippen LogP contribution < -0.4 is 15.2 Å². The van der Waals surface area contributed by atoms with E-state index < -0.39 is 6.36 Å². The summed E-state index contributed by atoms with van der Waals surface area (Å²) in [4.78, 5) is 17.0. The lowest BCUT2D eigenvalue weighted by Gasteiger charge is -2.13. The van der Waals surface area contributed by atoms with Gasteiger partial charge in [-0.25, -0.2) is 0 Å². The largest absolute Gasteiger partial charge is 0.573 e. The number of anilines is 1. The van der Waals surface area contributed by atoms with Crippen LogP contribution in [0.4, 0.5) is 18.9 Å². The summed E-state index contributed by atoms with van der Waals surface area (Å²) in [5, 5.41) is 1.30. The van der Waals surface area contributed by atoms with E-state index in [0.29, 0.717) is 16.6 Å². The Balaban J connectivity index is 1.99. The summed E-state index contributed by atoms with van der Waals surface area (Å²) in [6, 6.07) is 12.7. The zero-order valence-corrected chi connectivity index (χ0v) is 13.5. The minimum Gasteiger partial charge on any atom is -0.406 e. The highest BCUT2D eigenvalue weighted by atomic mass is 19.4. The van der Waals surface area contributed by atoms with E-state index in [4.69, 9.17) is 0 Å². The molecule has 0 atom stereocenters. The second-order valence-electron chi connectivity index (χ2n) is 5.75. The molecule has 25 heavy (non-hydrogen) atoms. The maximum atomic E-state index is 12.4. The van der Waals surface area contributed by atoms with Crippen molar-refractivity contribution in [2.45, 2.75) is 6.36 Å². The molecule has 0 aliphatic rings. The number of pyridine rings is 1. The Labute approximate surface area is 141 Å². The summed E-state index contributed by atoms with van der Waals surface area (Å²) >= 11 is 0. The molecule has 1 aromatic heterocycles. The van der Waals surface area contributed by atoms with E-state index in [1.807, 2.05) is 31.1 Å². The van der Waals surface area contributed by atoms with Crippen LogP contribution >= 0.6 is 0 Å². The van der Waals surface area contributed by atoms with Gasteiger partial charge in [-0.1, -0.05) is 6.07 Å². The normalized spacial score (nSPS) is 11.6. The number of fused-ring (bicyclic) bond motifs is 1. The number of aromatic amines is 1. The van der Waals surface area contributed by atoms with Crippen LogP contribution in [0.1, 0.15) is 0 Å². The Bertz CT molecular complexity index is 961. The Morgan fingerprint density at radius 3 is 2.28 bits per heavy atom. The number of hydrogen-bond acceptors (Lipinski definition) is 3. The summed E-state index contributed by atoms with van der Waals surface area (Å²) in [7, 11) is 3.77. The molecule has 0 saturated carbocycles. The second kappa shape index (κ2) is 6.16. The van der Waals surface area contributed by atoms with Crippen molar-refractivity contribution >= 4 is 16.5 Å². The van der Waals surface area contributed by atoms with Crippen LogP contribution in [-0.4, -0.2) is 25.4 Å². The van der Waals surface area contributed by atoms with Crippen molar-refractivity contribution in [1.82, 2.24) is 4.98 Å². The van der Waals surface area contributed by atoms with E-state index in [1.54, 1.807) is 12.1 Å². The van der Waals surface area contributed by atoms with Crippen molar-refractivity contribution in [1.29, 1.82) is 0 Å². The van der Waals surface area contributed by atoms with Gasteiger partial charge in [-0.05, 0) is 53.4 Å². The molecular formula is C18H15F3N2O2. The van der Waals surface area contributed by atoms with Crippen LogP contribution in [0, 0.1) is 0 Å². The van der Waals surface area contributed by atoms with Gasteiger partial charge < -0.3 is 14.6 Å². The van der Waals surface area contributed by atoms with Gasteiger partial charge in [0, 0.05) is 30.9 Å². The van der Waals surface area contributed by atoms with Gasteiger partial charge in [0.05, 0.1) is 0 Å². The molecule has 0 aliphatic carbocycles. The predicted molar refractivity (Wildman–Crippen MR) is 91.0 cm³/mol. The highest BCUT2D eigenvalue weighted by Gasteiger charge is 2.30. The second-order valence-corrected chi connectivity index (χ2v) is 5.75. The van der Waals surface area contributed by atoms with Crippen molar-refractivity contribution in [3.8, 4) is 17.0 Å². The Morgan fingerprint density at radius 2 is 1.68 bits per heavy atom. The zero-order valence-electron chi connectivity index (χ0n) is 13.5. The number of nitrogens with one attached hydrogen (secondary N) is 1. The van der Waals surface area contributed by atoms with Crippen molar-refractivity contribution in [2.24, 2.45) is 0 Å². The third-order valence-electron chi connectivity index (χ3n) is 3.74. The third-order valence-corrected chi connectivity index (χ3v) is 3.74. The molecule has 0 saturated heterocycles. The Hall–Kier alpha value is -2.96. The van der Waals surface area contributed by atoms with E-state index in [-0.39, 0.29) is 11.3 Å². The number of halogens is 3. The van der Waals surface area contributed by atoms with Crippen LogP contribution in [0.25, 0.3) is 22.0 Å². The zero-order chi connectivity index (χ0) is 18.2. The van der Waals surface area contributed by atoms with E-state index in [2.05, 4.69) is 9.72 Å². The molecule has 2 aromatic carbocycles. The third kappa shape index (κ3) is 3.76. The summed E-state index contributed by atoms with van der Waals surface area (Å²) in [6.07, 6.45) is -4.73. The first kappa shape index (κ1) is 16.9. The van der Waals surface area contributed by atoms with Gasteiger partial charge in [0.1, 0.15) is 5.75 Å². The van der Waals surface area contributed by atoms with Crippen molar-refractivity contribution in [3.63, 3.8) is 0 Å². The van der Waals surface area contributed by atoms with Gasteiger partial charge in [-0.3, -0.25) is 4.79 Å². The van der Waals surface area contributed by atoms with E-state index in [0.717, 1.165) is 11.1 Å². The fourth-order valence-corrected chi connectivity index (χ4v) is 2.52. The molecule has 3 rings (SSSR count). The average molecular weight is 348 g/mol. The lowest BCUT2D eigenvalue weighted by atomic mass is 10.1. The first-order chi connectivity index (χ1) is 11.7. The number of benzene rings is 2. The van der Waals surface area contributed by atoms with Crippen LogP contribution in [0.5, 0.6) is 5.75 Å². The molecule has 130 valence electrons. The maximum Gasteiger partial charge on any atom is 0.573 e. The number of nitrogens with zero attached hydrogens (tertiary/aromatic N) is 1. The first-order valence-electron chi connectivity index (χ1n) is 7.43. The van der Waals surface area contributed by atoms with Gasteiger partial charge in [0.25, 0.3) is 5.56 Å². The number of hydrogen-bond donors (Lipinski definition) is 1. The summed E-state index contributed by atoms with van der Waals surface area (Å²) < 4.78 is 40.5. The van der Waals surface area contributed by atoms with Crippen LogP contribution in [0.2, 0.25) is 0 Å². The molecule has 1 N–H and O–H groups in total. The number of H-pyrrole nitrogens is 1. The Kier molecular flexibility index (Phi) is 4.16. The minimum absolute atomic E-state index is 0.258. The predicted octanol–water partition coefficient (Wildman–Crippen LogP) is 4.16. The minimum atomic E-state index is -4.73. The molecule has 1 heterocycles. The standard InChI is InChI=1S/C18H15F3N2O2/c1-23(2)13-6-3-12-9-16(22-17(24)15(12)10-13)11-4-7-14(8-5-11)25-18(19,20)21/h3-10H,1-2H3,(H,22,24). The maximum absolute atomic E-state index is 12.4. The topological polar surface area (TPSA) is 45.3 Å². The SMILES string of the molecule is CN(C)c1ccc2cc(-c3ccc(OC(F)(F)F)cc3)[nH]c(=O)c2c1. The number of ether oxygens (including phenoxy) is 1. The van der Waals surface area contributed by atoms with Crippen LogP contribution in [0.3, 0.4) is 0 Å². The molecule has 0 aliphatic heterocycles. The van der Waals surface area contributed by atoms with E-state index in [1.165, 1.54) is 24.3 Å². The lowest BCUT2D eigenvalue weighted by Crippen LogP contribution is -2.17. The molecule has 0 bridgehead atoms. The highest BCUT2D eigenvalue weighted by Crippen LogP contribution is 2.27. The number of rotatable bonds is 3. The lowest BCUT2D eigenvalue weighted by molar-refractivity contribution is -0.274. The molecule has 0 fully saturated rings. The molecule has 3 aromatic rings. The summed E-state index contributed by atoms with van der Waals surface area (Å²) in [6.45, 7) is 0. The van der Waals surface area contributed by atoms with Crippen molar-refractivity contribution in [3.05, 3.63) is 58.9 Å². The van der Waals surface area contributed by atoms with Crippen LogP contribution in [0.15, 0.2) is 53.3 Å². The molecule has 7 heteroatoms. The quantitative estimate of drug-likeness (QED) is 0.773. The van der Waals surface area contributed by atoms with Gasteiger partial charge in [0.15, 0.2) is 0 Å².